The monoisotopic (exact) mass is 728 g/mol. The summed E-state index contributed by atoms with van der Waals surface area (Å²) in [5.74, 6) is 0.528. The van der Waals surface area contributed by atoms with Gasteiger partial charge in [0, 0.05) is 90.5 Å². The van der Waals surface area contributed by atoms with Crippen LogP contribution in [0.1, 0.15) is 30.4 Å². The summed E-state index contributed by atoms with van der Waals surface area (Å²) in [4.78, 5) is 34.1. The SMILES string of the molecule is COc1nc(-c2cccc(-c3cccc(-c4ccn5c(=O)c(CNC[C@@H]6CCC(=O)N6)cnc5c4)c3Cl)c2Cl)ccc1CN[C@H]1CCOC[C@@H]1O. The van der Waals surface area contributed by atoms with Gasteiger partial charge in [0.15, 0.2) is 0 Å². The molecule has 264 valence electrons. The van der Waals surface area contributed by atoms with E-state index in [0.29, 0.717) is 72.1 Å². The molecule has 0 aliphatic carbocycles. The van der Waals surface area contributed by atoms with E-state index in [9.17, 15) is 14.7 Å². The number of fused-ring (bicyclic) bond motifs is 1. The summed E-state index contributed by atoms with van der Waals surface area (Å²) in [7, 11) is 1.58. The lowest BCUT2D eigenvalue weighted by molar-refractivity contribution is -0.119. The molecule has 2 saturated heterocycles. The Morgan fingerprint density at radius 1 is 0.980 bits per heavy atom. The first kappa shape index (κ1) is 35.1. The van der Waals surface area contributed by atoms with Crippen molar-refractivity contribution in [2.45, 2.75) is 50.5 Å². The number of carbonyl (C=O) groups excluding carboxylic acids is 1. The van der Waals surface area contributed by atoms with Gasteiger partial charge in [-0.25, -0.2) is 9.97 Å². The average Bonchev–Trinajstić information content (AvgIpc) is 3.57. The maximum atomic E-state index is 13.3. The van der Waals surface area contributed by atoms with Gasteiger partial charge in [0.2, 0.25) is 11.8 Å². The summed E-state index contributed by atoms with van der Waals surface area (Å²) in [5, 5.41) is 20.8. The van der Waals surface area contributed by atoms with E-state index >= 15 is 0 Å². The Hall–Kier alpha value is -4.36. The first-order valence-corrected chi connectivity index (χ1v) is 17.7. The number of ether oxygens (including phenoxy) is 2. The molecule has 0 unspecified atom stereocenters. The Bertz CT molecular complexity index is 2140. The molecule has 5 heterocycles. The first-order chi connectivity index (χ1) is 24.8. The quantitative estimate of drug-likeness (QED) is 0.148. The zero-order valence-electron chi connectivity index (χ0n) is 28.0. The molecule has 0 saturated carbocycles. The van der Waals surface area contributed by atoms with E-state index in [1.807, 2.05) is 60.7 Å². The third kappa shape index (κ3) is 7.50. The van der Waals surface area contributed by atoms with Crippen molar-refractivity contribution in [2.75, 3.05) is 26.9 Å². The van der Waals surface area contributed by atoms with Crippen molar-refractivity contribution in [1.82, 2.24) is 30.3 Å². The number of hydrogen-bond donors (Lipinski definition) is 4. The number of aliphatic hydroxyl groups is 1. The van der Waals surface area contributed by atoms with E-state index in [1.54, 1.807) is 19.5 Å². The molecule has 13 heteroatoms. The van der Waals surface area contributed by atoms with Crippen molar-refractivity contribution < 1.29 is 19.4 Å². The van der Waals surface area contributed by atoms with Gasteiger partial charge in [-0.05, 0) is 36.6 Å². The van der Waals surface area contributed by atoms with Crippen LogP contribution >= 0.6 is 23.2 Å². The molecule has 2 fully saturated rings. The van der Waals surface area contributed by atoms with E-state index in [0.717, 1.165) is 46.2 Å². The van der Waals surface area contributed by atoms with Crippen molar-refractivity contribution in [1.29, 1.82) is 0 Å². The highest BCUT2D eigenvalue weighted by atomic mass is 35.5. The fraction of sp³-hybridized carbons (Fsp3) is 0.316. The van der Waals surface area contributed by atoms with Crippen LogP contribution in [0.5, 0.6) is 5.88 Å². The van der Waals surface area contributed by atoms with E-state index in [1.165, 1.54) is 4.40 Å². The minimum atomic E-state index is -0.563. The fourth-order valence-corrected chi connectivity index (χ4v) is 7.31. The predicted octanol–water partition coefficient (Wildman–Crippen LogP) is 5.01. The number of carbonyl (C=O) groups is 1. The van der Waals surface area contributed by atoms with Gasteiger partial charge in [-0.2, -0.15) is 0 Å². The molecule has 11 nitrogen and oxygen atoms in total. The number of amides is 1. The molecule has 0 radical (unpaired) electrons. The normalized spacial score (nSPS) is 19.0. The van der Waals surface area contributed by atoms with Crippen LogP contribution in [-0.2, 0) is 22.6 Å². The van der Waals surface area contributed by atoms with Gasteiger partial charge < -0.3 is 30.5 Å². The van der Waals surface area contributed by atoms with Crippen molar-refractivity contribution >= 4 is 34.8 Å². The molecule has 7 rings (SSSR count). The van der Waals surface area contributed by atoms with Crippen molar-refractivity contribution in [3.8, 4) is 39.4 Å². The van der Waals surface area contributed by atoms with E-state index in [-0.39, 0.29) is 23.6 Å². The van der Waals surface area contributed by atoms with Gasteiger partial charge in [-0.1, -0.05) is 65.7 Å². The van der Waals surface area contributed by atoms with E-state index in [2.05, 4.69) is 20.9 Å². The van der Waals surface area contributed by atoms with Gasteiger partial charge in [-0.15, -0.1) is 0 Å². The lowest BCUT2D eigenvalue weighted by Crippen LogP contribution is -2.46. The Kier molecular flexibility index (Phi) is 10.6. The van der Waals surface area contributed by atoms with Gasteiger partial charge in [0.25, 0.3) is 5.56 Å². The first-order valence-electron chi connectivity index (χ1n) is 16.9. The zero-order valence-corrected chi connectivity index (χ0v) is 29.5. The number of rotatable bonds is 11. The highest BCUT2D eigenvalue weighted by Gasteiger charge is 2.24. The molecule has 2 aliphatic heterocycles. The molecule has 2 aromatic carbocycles. The molecule has 5 aromatic rings. The van der Waals surface area contributed by atoms with Crippen LogP contribution < -0.4 is 26.2 Å². The molecule has 2 aliphatic rings. The Morgan fingerprint density at radius 3 is 2.49 bits per heavy atom. The number of aliphatic hydroxyl groups excluding tert-OH is 1. The summed E-state index contributed by atoms with van der Waals surface area (Å²) < 4.78 is 12.5. The number of benzene rings is 2. The zero-order chi connectivity index (χ0) is 35.5. The molecular weight excluding hydrogens is 691 g/mol. The number of aromatic nitrogens is 3. The third-order valence-corrected chi connectivity index (χ3v) is 10.3. The maximum absolute atomic E-state index is 13.3. The Morgan fingerprint density at radius 2 is 1.75 bits per heavy atom. The van der Waals surface area contributed by atoms with Crippen molar-refractivity contribution in [2.24, 2.45) is 0 Å². The third-order valence-electron chi connectivity index (χ3n) is 9.46. The van der Waals surface area contributed by atoms with Gasteiger partial charge in [-0.3, -0.25) is 14.0 Å². The Labute approximate surface area is 305 Å². The summed E-state index contributed by atoms with van der Waals surface area (Å²) in [5.41, 5.74) is 6.15. The molecule has 4 N–H and O–H groups in total. The van der Waals surface area contributed by atoms with Crippen LogP contribution in [0.2, 0.25) is 10.0 Å². The molecule has 3 atom stereocenters. The minimum absolute atomic E-state index is 0.0604. The number of methoxy groups -OCH3 is 1. The average molecular weight is 730 g/mol. The summed E-state index contributed by atoms with van der Waals surface area (Å²) >= 11 is 14.2. The van der Waals surface area contributed by atoms with Crippen LogP contribution in [-0.4, -0.2) is 70.4 Å². The van der Waals surface area contributed by atoms with Gasteiger partial charge in [0.1, 0.15) is 5.65 Å². The summed E-state index contributed by atoms with van der Waals surface area (Å²) in [6.07, 6.45) is 4.78. The molecular formula is C38H38Cl2N6O5. The molecule has 0 bridgehead atoms. The van der Waals surface area contributed by atoms with Crippen LogP contribution in [0.25, 0.3) is 39.2 Å². The van der Waals surface area contributed by atoms with E-state index < -0.39 is 6.10 Å². The second-order valence-electron chi connectivity index (χ2n) is 12.8. The van der Waals surface area contributed by atoms with Gasteiger partial charge >= 0.3 is 0 Å². The van der Waals surface area contributed by atoms with Crippen LogP contribution in [0.4, 0.5) is 0 Å². The van der Waals surface area contributed by atoms with Crippen molar-refractivity contribution in [3.05, 3.63) is 105 Å². The van der Waals surface area contributed by atoms with E-state index in [4.69, 9.17) is 37.7 Å². The number of halogens is 2. The molecule has 1 amide bonds. The van der Waals surface area contributed by atoms with Crippen LogP contribution in [0.3, 0.4) is 0 Å². The van der Waals surface area contributed by atoms with Crippen LogP contribution in [0.15, 0.2) is 77.9 Å². The second-order valence-corrected chi connectivity index (χ2v) is 13.5. The lowest BCUT2D eigenvalue weighted by Gasteiger charge is -2.28. The minimum Gasteiger partial charge on any atom is -0.481 e. The molecule has 51 heavy (non-hydrogen) atoms. The largest absolute Gasteiger partial charge is 0.481 e. The Balaban J connectivity index is 1.12. The smallest absolute Gasteiger partial charge is 0.262 e. The maximum Gasteiger partial charge on any atom is 0.262 e. The van der Waals surface area contributed by atoms with Crippen molar-refractivity contribution in [3.63, 3.8) is 0 Å². The topological polar surface area (TPSA) is 139 Å². The number of pyridine rings is 2. The van der Waals surface area contributed by atoms with Crippen LogP contribution in [0, 0.1) is 0 Å². The number of nitrogens with zero attached hydrogens (tertiary/aromatic N) is 3. The standard InChI is InChI=1S/C38H38Cl2N6O5/c1-50-37-23(18-42-31-13-15-51-21-32(31)47)8-10-30(45-37)29-7-3-6-28(36(29)40)27-5-2-4-26(35(27)39)22-12-14-46-33(16-22)43-19-24(38(46)49)17-41-20-25-9-11-34(48)44-25/h2-8,10,12,14,16,19,25,31-32,41-42,47H,9,11,13,15,17-18,20-21H2,1H3,(H,44,48)/t25-,31-,32-/m0/s1. The highest BCUT2D eigenvalue weighted by molar-refractivity contribution is 6.39. The molecule has 3 aromatic heterocycles. The highest BCUT2D eigenvalue weighted by Crippen LogP contribution is 2.42. The number of nitrogens with one attached hydrogen (secondary N) is 3. The van der Waals surface area contributed by atoms with Gasteiger partial charge in [0.05, 0.1) is 35.6 Å². The fourth-order valence-electron chi connectivity index (χ4n) is 6.65. The second kappa shape index (κ2) is 15.5. The summed E-state index contributed by atoms with van der Waals surface area (Å²) in [6.45, 7) is 2.34. The summed E-state index contributed by atoms with van der Waals surface area (Å²) in [6, 6.07) is 19.1. The predicted molar refractivity (Wildman–Crippen MR) is 197 cm³/mol. The lowest BCUT2D eigenvalue weighted by atomic mass is 9.97. The molecule has 0 spiro atoms. The number of hydrogen-bond acceptors (Lipinski definition) is 9.